The lowest BCUT2D eigenvalue weighted by Crippen LogP contribution is -2.49. The average Bonchev–Trinajstić information content (AvgIpc) is 3.26. The van der Waals surface area contributed by atoms with Crippen LogP contribution >= 0.6 is 0 Å². The Morgan fingerprint density at radius 1 is 1.06 bits per heavy atom. The number of benzene rings is 2. The molecule has 1 amide bonds. The Morgan fingerprint density at radius 2 is 1.84 bits per heavy atom. The van der Waals surface area contributed by atoms with E-state index in [0.29, 0.717) is 35.7 Å². The lowest BCUT2D eigenvalue weighted by atomic mass is 10.1. The monoisotopic (exact) mass is 436 g/mol. The molecular formula is C25H29FN4O2. The highest BCUT2D eigenvalue weighted by Crippen LogP contribution is 2.19. The molecule has 1 aliphatic heterocycles. The maximum Gasteiger partial charge on any atom is 0.227 e. The first kappa shape index (κ1) is 22.1. The molecule has 1 saturated heterocycles. The average molecular weight is 437 g/mol. The molecule has 1 fully saturated rings. The fourth-order valence-electron chi connectivity index (χ4n) is 3.96. The number of aromatic nitrogens is 2. The molecule has 1 aromatic heterocycles. The SMILES string of the molecule is Cc1ccc(-c2noc(CCCN3CCN(C(=O)Cc4ccccc4C)CC3)n2)cc1F. The summed E-state index contributed by atoms with van der Waals surface area (Å²) in [6.45, 7) is 7.95. The predicted molar refractivity (Wildman–Crippen MR) is 121 cm³/mol. The molecule has 32 heavy (non-hydrogen) atoms. The van der Waals surface area contributed by atoms with Gasteiger partial charge in [0.05, 0.1) is 6.42 Å². The summed E-state index contributed by atoms with van der Waals surface area (Å²) < 4.78 is 19.1. The molecule has 1 aliphatic rings. The number of piperazine rings is 1. The summed E-state index contributed by atoms with van der Waals surface area (Å²) in [4.78, 5) is 21.4. The Kier molecular flexibility index (Phi) is 6.95. The van der Waals surface area contributed by atoms with Gasteiger partial charge in [-0.1, -0.05) is 41.6 Å². The Bertz CT molecular complexity index is 1070. The highest BCUT2D eigenvalue weighted by Gasteiger charge is 2.21. The van der Waals surface area contributed by atoms with Crippen molar-refractivity contribution >= 4 is 5.91 Å². The van der Waals surface area contributed by atoms with Gasteiger partial charge in [0.15, 0.2) is 0 Å². The van der Waals surface area contributed by atoms with Gasteiger partial charge in [-0.3, -0.25) is 9.69 Å². The van der Waals surface area contributed by atoms with Gasteiger partial charge in [-0.05, 0) is 49.6 Å². The van der Waals surface area contributed by atoms with Crippen molar-refractivity contribution in [3.63, 3.8) is 0 Å². The molecule has 0 spiro atoms. The van der Waals surface area contributed by atoms with E-state index >= 15 is 0 Å². The van der Waals surface area contributed by atoms with Crippen molar-refractivity contribution in [3.8, 4) is 11.4 Å². The Labute approximate surface area is 188 Å². The molecule has 3 aromatic rings. The highest BCUT2D eigenvalue weighted by molar-refractivity contribution is 5.79. The maximum atomic E-state index is 13.8. The van der Waals surface area contributed by atoms with Crippen molar-refractivity contribution in [1.82, 2.24) is 19.9 Å². The van der Waals surface area contributed by atoms with E-state index in [0.717, 1.165) is 50.3 Å². The second kappa shape index (κ2) is 10.0. The topological polar surface area (TPSA) is 62.5 Å². The number of rotatable bonds is 7. The molecule has 2 heterocycles. The van der Waals surface area contributed by atoms with Gasteiger partial charge in [-0.2, -0.15) is 4.98 Å². The predicted octanol–water partition coefficient (Wildman–Crippen LogP) is 3.81. The minimum absolute atomic E-state index is 0.199. The molecule has 0 radical (unpaired) electrons. The van der Waals surface area contributed by atoms with Gasteiger partial charge in [0.1, 0.15) is 5.82 Å². The zero-order chi connectivity index (χ0) is 22.5. The minimum Gasteiger partial charge on any atom is -0.340 e. The summed E-state index contributed by atoms with van der Waals surface area (Å²) in [5.41, 5.74) is 3.48. The number of hydrogen-bond donors (Lipinski definition) is 0. The van der Waals surface area contributed by atoms with Gasteiger partial charge < -0.3 is 9.42 Å². The normalized spacial score (nSPS) is 14.7. The number of halogens is 1. The lowest BCUT2D eigenvalue weighted by molar-refractivity contribution is -0.132. The van der Waals surface area contributed by atoms with Gasteiger partial charge in [-0.15, -0.1) is 0 Å². The smallest absolute Gasteiger partial charge is 0.227 e. The molecule has 0 saturated carbocycles. The summed E-state index contributed by atoms with van der Waals surface area (Å²) in [5, 5.41) is 3.98. The van der Waals surface area contributed by atoms with Crippen LogP contribution in [0.5, 0.6) is 0 Å². The fraction of sp³-hybridized carbons (Fsp3) is 0.400. The molecule has 0 N–H and O–H groups in total. The van der Waals surface area contributed by atoms with E-state index < -0.39 is 0 Å². The molecule has 0 bridgehead atoms. The van der Waals surface area contributed by atoms with Crippen LogP contribution in [0, 0.1) is 19.7 Å². The molecule has 6 nitrogen and oxygen atoms in total. The number of hydrogen-bond acceptors (Lipinski definition) is 5. The first-order chi connectivity index (χ1) is 15.5. The van der Waals surface area contributed by atoms with Crippen LogP contribution in [0.2, 0.25) is 0 Å². The Morgan fingerprint density at radius 3 is 2.59 bits per heavy atom. The first-order valence-corrected chi connectivity index (χ1v) is 11.1. The van der Waals surface area contributed by atoms with E-state index in [4.69, 9.17) is 4.52 Å². The molecule has 0 unspecified atom stereocenters. The third kappa shape index (κ3) is 5.40. The van der Waals surface area contributed by atoms with Crippen LogP contribution in [-0.4, -0.2) is 58.6 Å². The standard InChI is InChI=1S/C25H29FN4O2/c1-18-6-3-4-7-20(18)17-24(31)30-14-12-29(13-15-30)11-5-8-23-27-25(28-32-23)21-10-9-19(2)22(26)16-21/h3-4,6-7,9-10,16H,5,8,11-15,17H2,1-2H3. The Hall–Kier alpha value is -3.06. The van der Waals surface area contributed by atoms with E-state index in [1.807, 2.05) is 36.1 Å². The number of amides is 1. The molecule has 7 heteroatoms. The highest BCUT2D eigenvalue weighted by atomic mass is 19.1. The number of aryl methyl sites for hydroxylation is 3. The number of carbonyl (C=O) groups is 1. The van der Waals surface area contributed by atoms with Gasteiger partial charge in [0, 0.05) is 38.2 Å². The van der Waals surface area contributed by atoms with Crippen molar-refractivity contribution in [2.45, 2.75) is 33.1 Å². The van der Waals surface area contributed by atoms with Gasteiger partial charge in [0.2, 0.25) is 17.6 Å². The van der Waals surface area contributed by atoms with Crippen LogP contribution in [0.3, 0.4) is 0 Å². The van der Waals surface area contributed by atoms with Crippen molar-refractivity contribution < 1.29 is 13.7 Å². The molecule has 168 valence electrons. The summed E-state index contributed by atoms with van der Waals surface area (Å²) in [7, 11) is 0. The van der Waals surface area contributed by atoms with Crippen LogP contribution in [0.15, 0.2) is 47.0 Å². The number of nitrogens with zero attached hydrogens (tertiary/aromatic N) is 4. The van der Waals surface area contributed by atoms with E-state index in [1.54, 1.807) is 19.1 Å². The fourth-order valence-corrected chi connectivity index (χ4v) is 3.96. The molecule has 0 aliphatic carbocycles. The van der Waals surface area contributed by atoms with Crippen LogP contribution in [0.1, 0.15) is 29.0 Å². The summed E-state index contributed by atoms with van der Waals surface area (Å²) >= 11 is 0. The summed E-state index contributed by atoms with van der Waals surface area (Å²) in [5.74, 6) is 0.906. The second-order valence-corrected chi connectivity index (χ2v) is 8.40. The molecule has 4 rings (SSSR count). The van der Waals surface area contributed by atoms with Gasteiger partial charge in [-0.25, -0.2) is 4.39 Å². The lowest BCUT2D eigenvalue weighted by Gasteiger charge is -2.34. The number of carbonyl (C=O) groups excluding carboxylic acids is 1. The third-order valence-corrected chi connectivity index (χ3v) is 6.09. The van der Waals surface area contributed by atoms with Crippen molar-refractivity contribution in [2.24, 2.45) is 0 Å². The Balaban J connectivity index is 1.20. The largest absolute Gasteiger partial charge is 0.340 e. The van der Waals surface area contributed by atoms with E-state index in [9.17, 15) is 9.18 Å². The summed E-state index contributed by atoms with van der Waals surface area (Å²) in [6, 6.07) is 13.0. The van der Waals surface area contributed by atoms with E-state index in [1.165, 1.54) is 6.07 Å². The molecular weight excluding hydrogens is 407 g/mol. The van der Waals surface area contributed by atoms with Crippen LogP contribution in [0.25, 0.3) is 11.4 Å². The van der Waals surface area contributed by atoms with Gasteiger partial charge in [0.25, 0.3) is 0 Å². The maximum absolute atomic E-state index is 13.8. The minimum atomic E-state index is -0.273. The molecule has 0 atom stereocenters. The molecule has 2 aromatic carbocycles. The van der Waals surface area contributed by atoms with Crippen LogP contribution < -0.4 is 0 Å². The van der Waals surface area contributed by atoms with Crippen molar-refractivity contribution in [1.29, 1.82) is 0 Å². The third-order valence-electron chi connectivity index (χ3n) is 6.09. The first-order valence-electron chi connectivity index (χ1n) is 11.1. The van der Waals surface area contributed by atoms with Crippen molar-refractivity contribution in [3.05, 3.63) is 70.9 Å². The van der Waals surface area contributed by atoms with Crippen LogP contribution in [0.4, 0.5) is 4.39 Å². The van der Waals surface area contributed by atoms with E-state index in [-0.39, 0.29) is 11.7 Å². The van der Waals surface area contributed by atoms with E-state index in [2.05, 4.69) is 15.0 Å². The zero-order valence-electron chi connectivity index (χ0n) is 18.7. The quantitative estimate of drug-likeness (QED) is 0.564. The van der Waals surface area contributed by atoms with Crippen molar-refractivity contribution in [2.75, 3.05) is 32.7 Å². The second-order valence-electron chi connectivity index (χ2n) is 8.40. The zero-order valence-corrected chi connectivity index (χ0v) is 18.7. The summed E-state index contributed by atoms with van der Waals surface area (Å²) in [6.07, 6.45) is 2.03. The van der Waals surface area contributed by atoms with Crippen LogP contribution in [-0.2, 0) is 17.6 Å². The van der Waals surface area contributed by atoms with Gasteiger partial charge >= 0.3 is 0 Å².